The molecule has 0 spiro atoms. The molecule has 2 rings (SSSR count). The lowest BCUT2D eigenvalue weighted by Crippen LogP contribution is -2.54. The Morgan fingerprint density at radius 3 is 2.53 bits per heavy atom. The van der Waals surface area contributed by atoms with E-state index in [0.29, 0.717) is 11.1 Å². The monoisotopic (exact) mass is 265 g/mol. The number of carboxylic acids is 1. The van der Waals surface area contributed by atoms with Crippen molar-refractivity contribution in [3.8, 4) is 0 Å². The Morgan fingerprint density at radius 1 is 1.42 bits per heavy atom. The van der Waals surface area contributed by atoms with Crippen molar-refractivity contribution >= 4 is 11.9 Å². The largest absolute Gasteiger partial charge is 0.480 e. The van der Waals surface area contributed by atoms with Gasteiger partial charge in [0.2, 0.25) is 0 Å². The van der Waals surface area contributed by atoms with Crippen LogP contribution >= 0.6 is 0 Å². The summed E-state index contributed by atoms with van der Waals surface area (Å²) in [6.45, 7) is 3.14. The summed E-state index contributed by atoms with van der Waals surface area (Å²) in [6, 6.07) is 3.82. The van der Waals surface area contributed by atoms with Crippen molar-refractivity contribution in [1.82, 2.24) is 5.32 Å². The maximum Gasteiger partial charge on any atom is 0.329 e. The number of carbonyl (C=O) groups excluding carboxylic acids is 1. The number of halogens is 1. The number of nitrogens with one attached hydrogen (secondary N) is 1. The normalized spacial score (nSPS) is 17.6. The minimum atomic E-state index is -1.25. The van der Waals surface area contributed by atoms with E-state index in [9.17, 15) is 19.1 Å². The number of hydrogen-bond acceptors (Lipinski definition) is 2. The summed E-state index contributed by atoms with van der Waals surface area (Å²) in [6.07, 6.45) is 1.59. The first-order valence-electron chi connectivity index (χ1n) is 6.16. The Hall–Kier alpha value is -1.91. The highest BCUT2D eigenvalue weighted by Crippen LogP contribution is 2.39. The number of carboxylic acid groups (broad SMARTS) is 1. The first-order chi connectivity index (χ1) is 8.84. The number of carbonyl (C=O) groups is 2. The lowest BCUT2D eigenvalue weighted by molar-refractivity contribution is -0.144. The molecule has 5 heteroatoms. The SMILES string of the molecule is Cc1cc(F)ccc1C(=O)NC(C)(C(=O)O)C1CC1. The minimum absolute atomic E-state index is 0.0327. The number of rotatable bonds is 4. The predicted octanol–water partition coefficient (Wildman–Crippen LogP) is 2.12. The van der Waals surface area contributed by atoms with Gasteiger partial charge in [0.25, 0.3) is 5.91 Å². The van der Waals surface area contributed by atoms with Crippen molar-refractivity contribution in [3.63, 3.8) is 0 Å². The number of hydrogen-bond donors (Lipinski definition) is 2. The van der Waals surface area contributed by atoms with Crippen molar-refractivity contribution in [1.29, 1.82) is 0 Å². The van der Waals surface area contributed by atoms with E-state index in [2.05, 4.69) is 5.32 Å². The highest BCUT2D eigenvalue weighted by atomic mass is 19.1. The average molecular weight is 265 g/mol. The molecule has 1 unspecified atom stereocenters. The van der Waals surface area contributed by atoms with E-state index in [-0.39, 0.29) is 5.92 Å². The van der Waals surface area contributed by atoms with E-state index >= 15 is 0 Å². The van der Waals surface area contributed by atoms with Gasteiger partial charge in [-0.15, -0.1) is 0 Å². The van der Waals surface area contributed by atoms with E-state index in [0.717, 1.165) is 12.8 Å². The van der Waals surface area contributed by atoms with Gasteiger partial charge in [-0.2, -0.15) is 0 Å². The zero-order valence-corrected chi connectivity index (χ0v) is 10.9. The van der Waals surface area contributed by atoms with Gasteiger partial charge in [0.15, 0.2) is 0 Å². The van der Waals surface area contributed by atoms with Gasteiger partial charge in [-0.25, -0.2) is 9.18 Å². The van der Waals surface area contributed by atoms with E-state index < -0.39 is 23.2 Å². The topological polar surface area (TPSA) is 66.4 Å². The third kappa shape index (κ3) is 2.59. The van der Waals surface area contributed by atoms with Crippen LogP contribution < -0.4 is 5.32 Å². The molecule has 1 aromatic rings. The first kappa shape index (κ1) is 13.5. The number of amides is 1. The van der Waals surface area contributed by atoms with Crippen molar-refractivity contribution in [2.45, 2.75) is 32.2 Å². The molecule has 1 fully saturated rings. The number of aliphatic carboxylic acids is 1. The molecule has 1 atom stereocenters. The Labute approximate surface area is 110 Å². The molecule has 1 aliphatic rings. The second-order valence-corrected chi connectivity index (χ2v) is 5.20. The second kappa shape index (κ2) is 4.64. The van der Waals surface area contributed by atoms with Crippen molar-refractivity contribution in [3.05, 3.63) is 35.1 Å². The van der Waals surface area contributed by atoms with Gasteiger partial charge in [0, 0.05) is 5.56 Å². The van der Waals surface area contributed by atoms with Crippen LogP contribution in [0.25, 0.3) is 0 Å². The molecular formula is C14H16FNO3. The van der Waals surface area contributed by atoms with Gasteiger partial charge in [-0.3, -0.25) is 4.79 Å². The maximum absolute atomic E-state index is 13.0. The molecule has 0 saturated heterocycles. The maximum atomic E-state index is 13.0. The fourth-order valence-electron chi connectivity index (χ4n) is 2.18. The highest BCUT2D eigenvalue weighted by molar-refractivity contribution is 5.99. The summed E-state index contributed by atoms with van der Waals surface area (Å²) in [5.74, 6) is -1.97. The van der Waals surface area contributed by atoms with Crippen LogP contribution in [0.4, 0.5) is 4.39 Å². The zero-order chi connectivity index (χ0) is 14.2. The predicted molar refractivity (Wildman–Crippen MR) is 67.4 cm³/mol. The van der Waals surface area contributed by atoms with E-state index in [1.165, 1.54) is 25.1 Å². The molecule has 0 aromatic heterocycles. The minimum Gasteiger partial charge on any atom is -0.480 e. The summed E-state index contributed by atoms with van der Waals surface area (Å²) in [5.41, 5.74) is -0.465. The third-order valence-corrected chi connectivity index (χ3v) is 3.64. The average Bonchev–Trinajstić information content (AvgIpc) is 3.11. The Bertz CT molecular complexity index is 539. The summed E-state index contributed by atoms with van der Waals surface area (Å²) < 4.78 is 13.0. The fourth-order valence-corrected chi connectivity index (χ4v) is 2.18. The molecule has 2 N–H and O–H groups in total. The Balaban J connectivity index is 2.22. The lowest BCUT2D eigenvalue weighted by atomic mass is 9.95. The molecule has 1 aromatic carbocycles. The van der Waals surface area contributed by atoms with Crippen LogP contribution in [0.2, 0.25) is 0 Å². The molecular weight excluding hydrogens is 249 g/mol. The summed E-state index contributed by atoms with van der Waals surface area (Å²) >= 11 is 0. The van der Waals surface area contributed by atoms with E-state index in [4.69, 9.17) is 0 Å². The Morgan fingerprint density at radius 2 is 2.05 bits per heavy atom. The van der Waals surface area contributed by atoms with Gasteiger partial charge in [-0.1, -0.05) is 0 Å². The lowest BCUT2D eigenvalue weighted by Gasteiger charge is -2.26. The van der Waals surface area contributed by atoms with Gasteiger partial charge in [0.05, 0.1) is 0 Å². The third-order valence-electron chi connectivity index (χ3n) is 3.64. The summed E-state index contributed by atoms with van der Waals surface area (Å²) in [7, 11) is 0. The summed E-state index contributed by atoms with van der Waals surface area (Å²) in [5, 5.41) is 11.8. The first-order valence-corrected chi connectivity index (χ1v) is 6.16. The molecule has 102 valence electrons. The zero-order valence-electron chi connectivity index (χ0n) is 10.9. The molecule has 4 nitrogen and oxygen atoms in total. The number of aryl methyl sites for hydroxylation is 1. The van der Waals surface area contributed by atoms with Gasteiger partial charge in [-0.05, 0) is 56.4 Å². The van der Waals surface area contributed by atoms with Crippen LogP contribution in [-0.4, -0.2) is 22.5 Å². The van der Waals surface area contributed by atoms with Crippen LogP contribution in [0.3, 0.4) is 0 Å². The Kier molecular flexibility index (Phi) is 3.30. The van der Waals surface area contributed by atoms with Crippen LogP contribution in [0.5, 0.6) is 0 Å². The van der Waals surface area contributed by atoms with Crippen LogP contribution in [0.1, 0.15) is 35.7 Å². The van der Waals surface area contributed by atoms with Crippen LogP contribution in [0, 0.1) is 18.7 Å². The number of benzene rings is 1. The van der Waals surface area contributed by atoms with Crippen molar-refractivity contribution < 1.29 is 19.1 Å². The highest BCUT2D eigenvalue weighted by Gasteiger charge is 2.48. The molecule has 0 bridgehead atoms. The molecule has 1 amide bonds. The molecule has 0 aliphatic heterocycles. The van der Waals surface area contributed by atoms with Crippen molar-refractivity contribution in [2.24, 2.45) is 5.92 Å². The molecule has 1 aliphatic carbocycles. The van der Waals surface area contributed by atoms with Crippen LogP contribution in [-0.2, 0) is 4.79 Å². The van der Waals surface area contributed by atoms with Crippen LogP contribution in [0.15, 0.2) is 18.2 Å². The van der Waals surface area contributed by atoms with Gasteiger partial charge < -0.3 is 10.4 Å². The van der Waals surface area contributed by atoms with Gasteiger partial charge >= 0.3 is 5.97 Å². The fraction of sp³-hybridized carbons (Fsp3) is 0.429. The quantitative estimate of drug-likeness (QED) is 0.876. The van der Waals surface area contributed by atoms with E-state index in [1.54, 1.807) is 6.92 Å². The summed E-state index contributed by atoms with van der Waals surface area (Å²) in [4.78, 5) is 23.5. The van der Waals surface area contributed by atoms with E-state index in [1.807, 2.05) is 0 Å². The molecule has 0 radical (unpaired) electrons. The van der Waals surface area contributed by atoms with Crippen molar-refractivity contribution in [2.75, 3.05) is 0 Å². The molecule has 1 saturated carbocycles. The smallest absolute Gasteiger partial charge is 0.329 e. The standard InChI is InChI=1S/C14H16FNO3/c1-8-7-10(15)5-6-11(8)12(17)16-14(2,13(18)19)9-3-4-9/h5-7,9H,3-4H2,1-2H3,(H,16,17)(H,18,19). The molecule has 0 heterocycles. The molecule has 19 heavy (non-hydrogen) atoms. The second-order valence-electron chi connectivity index (χ2n) is 5.20. The van der Waals surface area contributed by atoms with Gasteiger partial charge in [0.1, 0.15) is 11.4 Å².